The highest BCUT2D eigenvalue weighted by Gasteiger charge is 2.11. The van der Waals surface area contributed by atoms with Crippen molar-refractivity contribution < 1.29 is 23.1 Å². The maximum atomic E-state index is 12.3. The van der Waals surface area contributed by atoms with Gasteiger partial charge in [-0.1, -0.05) is 15.9 Å². The molecule has 0 fully saturated rings. The van der Waals surface area contributed by atoms with Crippen LogP contribution in [-0.2, 0) is 16.1 Å². The highest BCUT2D eigenvalue weighted by molar-refractivity contribution is 9.10. The number of nitrogens with one attached hydrogen (secondary N) is 2. The molecule has 1 aromatic rings. The molecule has 0 atom stereocenters. The Morgan fingerprint density at radius 1 is 1.33 bits per heavy atom. The summed E-state index contributed by atoms with van der Waals surface area (Å²) in [7, 11) is 0. The Kier molecular flexibility index (Phi) is 7.07. The Labute approximate surface area is 129 Å². The van der Waals surface area contributed by atoms with E-state index >= 15 is 0 Å². The van der Waals surface area contributed by atoms with Crippen LogP contribution in [-0.4, -0.2) is 25.0 Å². The lowest BCUT2D eigenvalue weighted by Crippen LogP contribution is -2.29. The maximum absolute atomic E-state index is 12.3. The largest absolute Gasteiger partial charge is 0.434 e. The zero-order valence-corrected chi connectivity index (χ0v) is 12.9. The first kappa shape index (κ1) is 17.4. The molecule has 0 aromatic heterocycles. The minimum atomic E-state index is -2.93. The van der Waals surface area contributed by atoms with Crippen LogP contribution in [0.5, 0.6) is 5.75 Å². The highest BCUT2D eigenvalue weighted by atomic mass is 79.9. The summed E-state index contributed by atoms with van der Waals surface area (Å²) in [5, 5.41) is 5.07. The van der Waals surface area contributed by atoms with Crippen molar-refractivity contribution in [1.82, 2.24) is 10.6 Å². The minimum Gasteiger partial charge on any atom is -0.434 e. The normalized spacial score (nSPS) is 10.3. The molecule has 0 spiro atoms. The van der Waals surface area contributed by atoms with Gasteiger partial charge in [-0.25, -0.2) is 0 Å². The quantitative estimate of drug-likeness (QED) is 0.779. The van der Waals surface area contributed by atoms with E-state index in [0.29, 0.717) is 10.0 Å². The van der Waals surface area contributed by atoms with Gasteiger partial charge in [0.15, 0.2) is 0 Å². The van der Waals surface area contributed by atoms with Crippen molar-refractivity contribution in [3.05, 3.63) is 28.2 Å². The summed E-state index contributed by atoms with van der Waals surface area (Å²) in [6, 6.07) is 4.56. The van der Waals surface area contributed by atoms with Gasteiger partial charge < -0.3 is 15.4 Å². The van der Waals surface area contributed by atoms with E-state index in [0.717, 1.165) is 0 Å². The summed E-state index contributed by atoms with van der Waals surface area (Å²) in [4.78, 5) is 22.2. The fraction of sp³-hybridized carbons (Fsp3) is 0.385. The van der Waals surface area contributed by atoms with E-state index in [1.807, 2.05) is 0 Å². The minimum absolute atomic E-state index is 0.00959. The van der Waals surface area contributed by atoms with E-state index in [1.165, 1.54) is 13.0 Å². The number of alkyl halides is 2. The van der Waals surface area contributed by atoms with Crippen LogP contribution in [0.2, 0.25) is 0 Å². The van der Waals surface area contributed by atoms with Crippen LogP contribution < -0.4 is 15.4 Å². The predicted octanol–water partition coefficient (Wildman–Crippen LogP) is 2.19. The summed E-state index contributed by atoms with van der Waals surface area (Å²) < 4.78 is 29.6. The number of rotatable bonds is 7. The van der Waals surface area contributed by atoms with E-state index in [4.69, 9.17) is 0 Å². The summed E-state index contributed by atoms with van der Waals surface area (Å²) in [6.07, 6.45) is 0.110. The molecule has 0 aliphatic heterocycles. The maximum Gasteiger partial charge on any atom is 0.387 e. The van der Waals surface area contributed by atoms with E-state index in [9.17, 15) is 18.4 Å². The molecular formula is C13H15BrF2N2O3. The lowest BCUT2D eigenvalue weighted by Gasteiger charge is -2.12. The number of carbonyl (C=O) groups is 2. The van der Waals surface area contributed by atoms with Gasteiger partial charge in [-0.15, -0.1) is 0 Å². The average Bonchev–Trinajstić information content (AvgIpc) is 2.38. The topological polar surface area (TPSA) is 67.4 Å². The molecule has 1 aromatic carbocycles. The van der Waals surface area contributed by atoms with E-state index in [1.54, 1.807) is 12.1 Å². The Hall–Kier alpha value is -1.70. The van der Waals surface area contributed by atoms with E-state index < -0.39 is 6.61 Å². The third-order valence-electron chi connectivity index (χ3n) is 2.44. The highest BCUT2D eigenvalue weighted by Crippen LogP contribution is 2.24. The van der Waals surface area contributed by atoms with Gasteiger partial charge in [0.05, 0.1) is 0 Å². The number of ether oxygens (including phenoxy) is 1. The second kappa shape index (κ2) is 8.56. The molecule has 0 aliphatic rings. The van der Waals surface area contributed by atoms with Gasteiger partial charge in [-0.3, -0.25) is 9.59 Å². The van der Waals surface area contributed by atoms with Crippen molar-refractivity contribution >= 4 is 27.7 Å². The molecule has 0 radical (unpaired) electrons. The van der Waals surface area contributed by atoms with Crippen molar-refractivity contribution in [1.29, 1.82) is 0 Å². The molecule has 1 rings (SSSR count). The third kappa shape index (κ3) is 7.03. The van der Waals surface area contributed by atoms with E-state index in [2.05, 4.69) is 31.3 Å². The monoisotopic (exact) mass is 364 g/mol. The van der Waals surface area contributed by atoms with Crippen LogP contribution >= 0.6 is 15.9 Å². The second-order valence-corrected chi connectivity index (χ2v) is 5.06. The number of benzene rings is 1. The summed E-state index contributed by atoms with van der Waals surface area (Å²) in [5.41, 5.74) is 0.428. The molecule has 0 aliphatic carbocycles. The van der Waals surface area contributed by atoms with Crippen LogP contribution in [0.4, 0.5) is 8.78 Å². The molecule has 0 heterocycles. The number of amides is 2. The van der Waals surface area contributed by atoms with Crippen LogP contribution in [0.25, 0.3) is 0 Å². The molecular weight excluding hydrogens is 350 g/mol. The summed E-state index contributed by atoms with van der Waals surface area (Å²) >= 11 is 3.22. The summed E-state index contributed by atoms with van der Waals surface area (Å²) in [5.74, 6) is -0.510. The number of carbonyl (C=O) groups excluding carboxylic acids is 2. The molecule has 0 saturated carbocycles. The van der Waals surface area contributed by atoms with Gasteiger partial charge in [-0.2, -0.15) is 8.78 Å². The average molecular weight is 365 g/mol. The third-order valence-corrected chi connectivity index (χ3v) is 2.93. The Morgan fingerprint density at radius 3 is 2.67 bits per heavy atom. The Balaban J connectivity index is 2.55. The Morgan fingerprint density at radius 2 is 2.05 bits per heavy atom. The van der Waals surface area contributed by atoms with Crippen molar-refractivity contribution in [2.75, 3.05) is 6.54 Å². The lowest BCUT2D eigenvalue weighted by atomic mass is 10.2. The van der Waals surface area contributed by atoms with E-state index in [-0.39, 0.29) is 37.1 Å². The molecule has 0 unspecified atom stereocenters. The summed E-state index contributed by atoms with van der Waals surface area (Å²) in [6.45, 7) is -1.30. The Bertz CT molecular complexity index is 512. The van der Waals surface area contributed by atoms with Gasteiger partial charge in [-0.05, 0) is 18.2 Å². The predicted molar refractivity (Wildman–Crippen MR) is 75.9 cm³/mol. The fourth-order valence-corrected chi connectivity index (χ4v) is 1.94. The second-order valence-electron chi connectivity index (χ2n) is 4.14. The van der Waals surface area contributed by atoms with Gasteiger partial charge in [0.2, 0.25) is 11.8 Å². The van der Waals surface area contributed by atoms with Gasteiger partial charge in [0.1, 0.15) is 5.75 Å². The van der Waals surface area contributed by atoms with Crippen LogP contribution in [0.1, 0.15) is 18.9 Å². The molecule has 21 heavy (non-hydrogen) atoms. The molecule has 2 amide bonds. The SMILES string of the molecule is CC(=O)NCCC(=O)NCc1cc(Br)ccc1OC(F)F. The van der Waals surface area contributed by atoms with Crippen molar-refractivity contribution in [2.24, 2.45) is 0 Å². The molecule has 0 bridgehead atoms. The lowest BCUT2D eigenvalue weighted by molar-refractivity contribution is -0.121. The van der Waals surface area contributed by atoms with Crippen molar-refractivity contribution in [2.45, 2.75) is 26.5 Å². The number of hydrogen-bond acceptors (Lipinski definition) is 3. The molecule has 5 nitrogen and oxygen atoms in total. The molecule has 8 heteroatoms. The number of hydrogen-bond donors (Lipinski definition) is 2. The van der Waals surface area contributed by atoms with Crippen molar-refractivity contribution in [3.63, 3.8) is 0 Å². The zero-order valence-electron chi connectivity index (χ0n) is 11.3. The van der Waals surface area contributed by atoms with Crippen LogP contribution in [0.15, 0.2) is 22.7 Å². The zero-order chi connectivity index (χ0) is 15.8. The molecule has 2 N–H and O–H groups in total. The van der Waals surface area contributed by atoms with Gasteiger partial charge in [0, 0.05) is 36.5 Å². The number of halogens is 3. The standard InChI is InChI=1S/C13H15BrF2N2O3/c1-8(19)17-5-4-12(20)18-7-9-6-10(14)2-3-11(9)21-13(15)16/h2-3,6,13H,4-5,7H2,1H3,(H,17,19)(H,18,20). The molecule has 116 valence electrons. The van der Waals surface area contributed by atoms with Gasteiger partial charge >= 0.3 is 6.61 Å². The van der Waals surface area contributed by atoms with Crippen LogP contribution in [0, 0.1) is 0 Å². The van der Waals surface area contributed by atoms with Gasteiger partial charge in [0.25, 0.3) is 0 Å². The fourth-order valence-electron chi connectivity index (χ4n) is 1.53. The van der Waals surface area contributed by atoms with Crippen molar-refractivity contribution in [3.8, 4) is 5.75 Å². The smallest absolute Gasteiger partial charge is 0.387 e. The first-order valence-corrected chi connectivity index (χ1v) is 6.92. The van der Waals surface area contributed by atoms with Crippen LogP contribution in [0.3, 0.4) is 0 Å². The first-order chi connectivity index (χ1) is 9.88. The molecule has 0 saturated heterocycles. The first-order valence-electron chi connectivity index (χ1n) is 6.13.